The molecule has 2 heterocycles. The molecule has 0 radical (unpaired) electrons. The Morgan fingerprint density at radius 3 is 3.12 bits per heavy atom. The van der Waals surface area contributed by atoms with E-state index in [4.69, 9.17) is 0 Å². The van der Waals surface area contributed by atoms with Gasteiger partial charge in [-0.1, -0.05) is 24.3 Å². The monoisotopic (exact) mass is 266 g/mol. The number of pyridine rings is 1. The standard InChI is InChI=1S/C11H14N4S2/c1-3-12-8(2)9-5-4-6-13-10(9)17-11-15-14-7-16-11/h4-8,12H,3H2,1-2H3. The molecule has 0 bridgehead atoms. The summed E-state index contributed by atoms with van der Waals surface area (Å²) in [6, 6.07) is 4.36. The summed E-state index contributed by atoms with van der Waals surface area (Å²) < 4.78 is 0.925. The number of hydrogen-bond donors (Lipinski definition) is 1. The van der Waals surface area contributed by atoms with Crippen LogP contribution in [0.1, 0.15) is 25.5 Å². The Kier molecular flexibility index (Phi) is 4.47. The van der Waals surface area contributed by atoms with E-state index in [1.165, 1.54) is 16.9 Å². The number of hydrogen-bond acceptors (Lipinski definition) is 6. The molecule has 2 rings (SSSR count). The maximum Gasteiger partial charge on any atom is 0.180 e. The summed E-state index contributed by atoms with van der Waals surface area (Å²) >= 11 is 3.10. The molecule has 0 fully saturated rings. The van der Waals surface area contributed by atoms with E-state index in [1.807, 2.05) is 12.3 Å². The highest BCUT2D eigenvalue weighted by Gasteiger charge is 2.12. The van der Waals surface area contributed by atoms with Crippen molar-refractivity contribution in [1.82, 2.24) is 20.5 Å². The lowest BCUT2D eigenvalue weighted by molar-refractivity contribution is 0.585. The molecule has 90 valence electrons. The average molecular weight is 266 g/mol. The van der Waals surface area contributed by atoms with E-state index in [9.17, 15) is 0 Å². The first-order chi connectivity index (χ1) is 8.31. The third-order valence-electron chi connectivity index (χ3n) is 2.30. The normalized spacial score (nSPS) is 12.6. The van der Waals surface area contributed by atoms with Gasteiger partial charge in [0.2, 0.25) is 0 Å². The predicted octanol–water partition coefficient (Wildman–Crippen LogP) is 2.75. The van der Waals surface area contributed by atoms with Gasteiger partial charge in [0.1, 0.15) is 10.5 Å². The fourth-order valence-corrected chi connectivity index (χ4v) is 3.09. The van der Waals surface area contributed by atoms with Crippen LogP contribution in [-0.2, 0) is 0 Å². The van der Waals surface area contributed by atoms with Crippen molar-refractivity contribution in [2.45, 2.75) is 29.3 Å². The molecule has 1 unspecified atom stereocenters. The first kappa shape index (κ1) is 12.5. The van der Waals surface area contributed by atoms with Gasteiger partial charge in [-0.3, -0.25) is 0 Å². The van der Waals surface area contributed by atoms with E-state index in [-0.39, 0.29) is 0 Å². The van der Waals surface area contributed by atoms with E-state index in [2.05, 4.69) is 40.4 Å². The van der Waals surface area contributed by atoms with Gasteiger partial charge in [-0.2, -0.15) is 0 Å². The zero-order valence-electron chi connectivity index (χ0n) is 9.75. The Morgan fingerprint density at radius 1 is 1.53 bits per heavy atom. The molecule has 2 aromatic rings. The van der Waals surface area contributed by atoms with Gasteiger partial charge in [0.25, 0.3) is 0 Å². The highest BCUT2D eigenvalue weighted by Crippen LogP contribution is 2.31. The second kappa shape index (κ2) is 6.09. The summed E-state index contributed by atoms with van der Waals surface area (Å²) in [4.78, 5) is 4.42. The summed E-state index contributed by atoms with van der Waals surface area (Å²) in [7, 11) is 0. The molecule has 1 N–H and O–H groups in total. The molecule has 6 heteroatoms. The van der Waals surface area contributed by atoms with E-state index in [0.717, 1.165) is 15.9 Å². The number of nitrogens with zero attached hydrogens (tertiary/aromatic N) is 3. The predicted molar refractivity (Wildman–Crippen MR) is 70.4 cm³/mol. The number of nitrogens with one attached hydrogen (secondary N) is 1. The van der Waals surface area contributed by atoms with Gasteiger partial charge in [-0.15, -0.1) is 10.2 Å². The number of aromatic nitrogens is 3. The van der Waals surface area contributed by atoms with Gasteiger partial charge < -0.3 is 5.32 Å². The van der Waals surface area contributed by atoms with Gasteiger partial charge in [-0.25, -0.2) is 4.98 Å². The Balaban J connectivity index is 2.21. The molecule has 4 nitrogen and oxygen atoms in total. The molecule has 0 saturated carbocycles. The fraction of sp³-hybridized carbons (Fsp3) is 0.364. The molecule has 0 aliphatic carbocycles. The van der Waals surface area contributed by atoms with E-state index >= 15 is 0 Å². The van der Waals surface area contributed by atoms with Crippen LogP contribution >= 0.6 is 23.1 Å². The lowest BCUT2D eigenvalue weighted by atomic mass is 10.1. The second-order valence-corrected chi connectivity index (χ2v) is 5.55. The largest absolute Gasteiger partial charge is 0.310 e. The van der Waals surface area contributed by atoms with Gasteiger partial charge in [0, 0.05) is 17.8 Å². The van der Waals surface area contributed by atoms with Crippen molar-refractivity contribution in [1.29, 1.82) is 0 Å². The van der Waals surface area contributed by atoms with Crippen LogP contribution in [0.15, 0.2) is 33.2 Å². The van der Waals surface area contributed by atoms with E-state index < -0.39 is 0 Å². The second-order valence-electron chi connectivity index (χ2n) is 3.48. The van der Waals surface area contributed by atoms with Crippen molar-refractivity contribution in [2.75, 3.05) is 6.54 Å². The smallest absolute Gasteiger partial charge is 0.180 e. The van der Waals surface area contributed by atoms with Crippen LogP contribution in [0.5, 0.6) is 0 Å². The SMILES string of the molecule is CCNC(C)c1cccnc1Sc1nncs1. The highest BCUT2D eigenvalue weighted by atomic mass is 32.2. The Bertz CT molecular complexity index is 458. The quantitative estimate of drug-likeness (QED) is 0.902. The molecule has 0 saturated heterocycles. The maximum atomic E-state index is 4.42. The number of rotatable bonds is 5. The molecule has 0 aliphatic rings. The lowest BCUT2D eigenvalue weighted by Gasteiger charge is -2.14. The van der Waals surface area contributed by atoms with Crippen molar-refractivity contribution < 1.29 is 0 Å². The van der Waals surface area contributed by atoms with Crippen molar-refractivity contribution >= 4 is 23.1 Å². The van der Waals surface area contributed by atoms with Crippen molar-refractivity contribution in [3.63, 3.8) is 0 Å². The van der Waals surface area contributed by atoms with Crippen LogP contribution in [0.3, 0.4) is 0 Å². The average Bonchev–Trinajstić information content (AvgIpc) is 2.83. The maximum absolute atomic E-state index is 4.42. The summed E-state index contributed by atoms with van der Waals surface area (Å²) in [5.74, 6) is 0. The Hall–Kier alpha value is -0.980. The molecule has 17 heavy (non-hydrogen) atoms. The first-order valence-electron chi connectivity index (χ1n) is 5.43. The molecular weight excluding hydrogens is 252 g/mol. The molecule has 0 spiro atoms. The van der Waals surface area contributed by atoms with Crippen molar-refractivity contribution in [3.8, 4) is 0 Å². The molecule has 0 amide bonds. The topological polar surface area (TPSA) is 50.7 Å². The lowest BCUT2D eigenvalue weighted by Crippen LogP contribution is -2.18. The zero-order valence-corrected chi connectivity index (χ0v) is 11.4. The summed E-state index contributed by atoms with van der Waals surface area (Å²) in [6.45, 7) is 5.19. The van der Waals surface area contributed by atoms with Crippen LogP contribution < -0.4 is 5.32 Å². The van der Waals surface area contributed by atoms with Crippen LogP contribution in [0.25, 0.3) is 0 Å². The minimum absolute atomic E-state index is 0.295. The molecular formula is C11H14N4S2. The molecule has 2 aromatic heterocycles. The van der Waals surface area contributed by atoms with Crippen molar-refractivity contribution in [3.05, 3.63) is 29.4 Å². The van der Waals surface area contributed by atoms with Gasteiger partial charge in [0.05, 0.1) is 0 Å². The third-order valence-corrected chi connectivity index (χ3v) is 4.11. The van der Waals surface area contributed by atoms with Gasteiger partial charge in [0.15, 0.2) is 4.34 Å². The van der Waals surface area contributed by atoms with Gasteiger partial charge >= 0.3 is 0 Å². The summed E-state index contributed by atoms with van der Waals surface area (Å²) in [6.07, 6.45) is 1.81. The zero-order chi connectivity index (χ0) is 12.1. The minimum Gasteiger partial charge on any atom is -0.310 e. The van der Waals surface area contributed by atoms with E-state index in [0.29, 0.717) is 6.04 Å². The molecule has 0 aromatic carbocycles. The third kappa shape index (κ3) is 3.24. The van der Waals surface area contributed by atoms with Crippen LogP contribution in [0, 0.1) is 0 Å². The Labute approximate surface area is 109 Å². The molecule has 0 aliphatic heterocycles. The van der Waals surface area contributed by atoms with Crippen molar-refractivity contribution in [2.24, 2.45) is 0 Å². The molecule has 1 atom stereocenters. The summed E-state index contributed by atoms with van der Waals surface area (Å²) in [5.41, 5.74) is 2.94. The Morgan fingerprint density at radius 2 is 2.41 bits per heavy atom. The first-order valence-corrected chi connectivity index (χ1v) is 7.13. The minimum atomic E-state index is 0.295. The summed E-state index contributed by atoms with van der Waals surface area (Å²) in [5, 5.41) is 12.3. The van der Waals surface area contributed by atoms with E-state index in [1.54, 1.807) is 17.3 Å². The highest BCUT2D eigenvalue weighted by molar-refractivity contribution is 8.01. The van der Waals surface area contributed by atoms with Crippen LogP contribution in [0.4, 0.5) is 0 Å². The fourth-order valence-electron chi connectivity index (χ4n) is 1.52. The van der Waals surface area contributed by atoms with Crippen LogP contribution in [-0.4, -0.2) is 21.7 Å². The van der Waals surface area contributed by atoms with Gasteiger partial charge in [-0.05, 0) is 31.3 Å². The van der Waals surface area contributed by atoms with Crippen LogP contribution in [0.2, 0.25) is 0 Å².